The van der Waals surface area contributed by atoms with Crippen molar-refractivity contribution in [2.24, 2.45) is 0 Å². The van der Waals surface area contributed by atoms with Gasteiger partial charge in [0.1, 0.15) is 5.76 Å². The van der Waals surface area contributed by atoms with E-state index in [0.717, 1.165) is 5.56 Å². The summed E-state index contributed by atoms with van der Waals surface area (Å²) in [5.74, 6) is -0.670. The van der Waals surface area contributed by atoms with Gasteiger partial charge in [-0.05, 0) is 24.6 Å². The van der Waals surface area contributed by atoms with Crippen molar-refractivity contribution in [1.82, 2.24) is 4.90 Å². The van der Waals surface area contributed by atoms with Crippen molar-refractivity contribution in [1.29, 1.82) is 0 Å². The van der Waals surface area contributed by atoms with Gasteiger partial charge in [0.15, 0.2) is 5.76 Å². The summed E-state index contributed by atoms with van der Waals surface area (Å²) in [5, 5.41) is 10.8. The predicted molar refractivity (Wildman–Crippen MR) is 96.7 cm³/mol. The van der Waals surface area contributed by atoms with Gasteiger partial charge in [0.25, 0.3) is 0 Å². The summed E-state index contributed by atoms with van der Waals surface area (Å²) in [5.41, 5.74) is 0.210. The number of hydrogen-bond donors (Lipinski definition) is 1. The number of benzene rings is 1. The van der Waals surface area contributed by atoms with Crippen molar-refractivity contribution in [3.8, 4) is 5.75 Å². The average molecular weight is 378 g/mol. The molecule has 2 heterocycles. The zero-order valence-corrected chi connectivity index (χ0v) is 15.2. The Morgan fingerprint density at radius 2 is 1.92 bits per heavy atom. The van der Waals surface area contributed by atoms with E-state index < -0.39 is 17.1 Å². The molecule has 7 heteroatoms. The molecule has 1 aliphatic rings. The van der Waals surface area contributed by atoms with Gasteiger partial charge in [-0.1, -0.05) is 23.7 Å². The maximum atomic E-state index is 12.7. The molecule has 26 heavy (non-hydrogen) atoms. The largest absolute Gasteiger partial charge is 0.502 e. The van der Waals surface area contributed by atoms with Crippen molar-refractivity contribution < 1.29 is 19.1 Å². The Bertz CT molecular complexity index is 840. The smallest absolute Gasteiger partial charge is 0.227 e. The number of amides is 1. The van der Waals surface area contributed by atoms with Crippen LogP contribution in [0, 0.1) is 6.92 Å². The third kappa shape index (κ3) is 4.08. The summed E-state index contributed by atoms with van der Waals surface area (Å²) in [4.78, 5) is 26.5. The standard InChI is InChI=1S/C19H20ClNO5/c1-12-10-16(22)18(24)19(26-12)15(13-2-4-14(20)5-3-13)11-17(23)21-6-8-25-9-7-21/h2-5,10,15,24H,6-9,11H2,1H3/t15-/m0/s1. The summed E-state index contributed by atoms with van der Waals surface area (Å²) >= 11 is 5.96. The minimum atomic E-state index is -0.588. The van der Waals surface area contributed by atoms with Crippen LogP contribution in [0.5, 0.6) is 5.75 Å². The minimum Gasteiger partial charge on any atom is -0.502 e. The number of ether oxygens (including phenoxy) is 1. The molecule has 0 radical (unpaired) electrons. The van der Waals surface area contributed by atoms with Gasteiger partial charge in [0, 0.05) is 30.6 Å². The zero-order chi connectivity index (χ0) is 18.7. The maximum absolute atomic E-state index is 12.7. The lowest BCUT2D eigenvalue weighted by Gasteiger charge is -2.28. The van der Waals surface area contributed by atoms with Crippen LogP contribution in [0.4, 0.5) is 0 Å². The number of hydrogen-bond acceptors (Lipinski definition) is 5. The molecule has 3 rings (SSSR count). The number of morpholine rings is 1. The molecule has 6 nitrogen and oxygen atoms in total. The molecular weight excluding hydrogens is 358 g/mol. The second kappa shape index (κ2) is 7.93. The highest BCUT2D eigenvalue weighted by Crippen LogP contribution is 2.34. The number of aromatic hydroxyl groups is 1. The topological polar surface area (TPSA) is 80.0 Å². The second-order valence-corrected chi connectivity index (χ2v) is 6.67. The molecule has 0 unspecified atom stereocenters. The van der Waals surface area contributed by atoms with Gasteiger partial charge >= 0.3 is 0 Å². The van der Waals surface area contributed by atoms with Gasteiger partial charge in [0.2, 0.25) is 17.1 Å². The fraction of sp³-hybridized carbons (Fsp3) is 0.368. The molecule has 1 saturated heterocycles. The van der Waals surface area contributed by atoms with E-state index in [1.807, 2.05) is 0 Å². The average Bonchev–Trinajstić information content (AvgIpc) is 2.64. The third-order valence-corrected chi connectivity index (χ3v) is 4.66. The molecule has 1 aromatic heterocycles. The monoisotopic (exact) mass is 377 g/mol. The Morgan fingerprint density at radius 1 is 1.27 bits per heavy atom. The Balaban J connectivity index is 1.98. The Morgan fingerprint density at radius 3 is 2.58 bits per heavy atom. The van der Waals surface area contributed by atoms with Crippen LogP contribution in [0.2, 0.25) is 5.02 Å². The van der Waals surface area contributed by atoms with Gasteiger partial charge < -0.3 is 19.2 Å². The lowest BCUT2D eigenvalue weighted by Crippen LogP contribution is -2.41. The molecule has 1 aromatic carbocycles. The normalized spacial score (nSPS) is 15.7. The van der Waals surface area contributed by atoms with E-state index in [0.29, 0.717) is 37.1 Å². The number of carbonyl (C=O) groups excluding carboxylic acids is 1. The molecule has 1 fully saturated rings. The quantitative estimate of drug-likeness (QED) is 0.886. The van der Waals surface area contributed by atoms with Crippen molar-refractivity contribution in [2.75, 3.05) is 26.3 Å². The van der Waals surface area contributed by atoms with Gasteiger partial charge in [-0.15, -0.1) is 0 Å². The highest BCUT2D eigenvalue weighted by molar-refractivity contribution is 6.30. The molecule has 2 aromatic rings. The lowest BCUT2D eigenvalue weighted by molar-refractivity contribution is -0.135. The first-order chi connectivity index (χ1) is 12.5. The Hall–Kier alpha value is -2.31. The number of nitrogens with zero attached hydrogens (tertiary/aromatic N) is 1. The minimum absolute atomic E-state index is 0.0710. The van der Waals surface area contributed by atoms with Crippen molar-refractivity contribution in [3.05, 3.63) is 62.7 Å². The number of rotatable bonds is 4. The molecule has 1 amide bonds. The Kier molecular flexibility index (Phi) is 5.64. The van der Waals surface area contributed by atoms with Crippen LogP contribution in [-0.2, 0) is 9.53 Å². The zero-order valence-electron chi connectivity index (χ0n) is 14.4. The molecule has 1 aliphatic heterocycles. The first-order valence-electron chi connectivity index (χ1n) is 8.40. The predicted octanol–water partition coefficient (Wildman–Crippen LogP) is 2.69. The highest BCUT2D eigenvalue weighted by Gasteiger charge is 2.28. The summed E-state index contributed by atoms with van der Waals surface area (Å²) < 4.78 is 10.9. The summed E-state index contributed by atoms with van der Waals surface area (Å²) in [7, 11) is 0. The summed E-state index contributed by atoms with van der Waals surface area (Å²) in [6, 6.07) is 8.16. The molecule has 0 spiro atoms. The van der Waals surface area contributed by atoms with Crippen LogP contribution in [0.15, 0.2) is 39.5 Å². The summed E-state index contributed by atoms with van der Waals surface area (Å²) in [6.07, 6.45) is 0.0710. The SMILES string of the molecule is Cc1cc(=O)c(O)c([C@@H](CC(=O)N2CCOCC2)c2ccc(Cl)cc2)o1. The van der Waals surface area contributed by atoms with Gasteiger partial charge in [0.05, 0.1) is 19.1 Å². The number of halogens is 1. The fourth-order valence-electron chi connectivity index (χ4n) is 3.04. The van der Waals surface area contributed by atoms with Crippen LogP contribution in [0.3, 0.4) is 0 Å². The molecule has 138 valence electrons. The van der Waals surface area contributed by atoms with E-state index >= 15 is 0 Å². The van der Waals surface area contributed by atoms with E-state index in [4.69, 9.17) is 20.8 Å². The van der Waals surface area contributed by atoms with Crippen LogP contribution in [0.25, 0.3) is 0 Å². The van der Waals surface area contributed by atoms with Gasteiger partial charge in [-0.2, -0.15) is 0 Å². The van der Waals surface area contributed by atoms with E-state index in [2.05, 4.69) is 0 Å². The summed E-state index contributed by atoms with van der Waals surface area (Å²) in [6.45, 7) is 3.68. The van der Waals surface area contributed by atoms with Crippen molar-refractivity contribution in [2.45, 2.75) is 19.3 Å². The lowest BCUT2D eigenvalue weighted by atomic mass is 9.91. The third-order valence-electron chi connectivity index (χ3n) is 4.40. The van der Waals surface area contributed by atoms with Crippen LogP contribution < -0.4 is 5.43 Å². The van der Waals surface area contributed by atoms with Crippen molar-refractivity contribution in [3.63, 3.8) is 0 Å². The van der Waals surface area contributed by atoms with E-state index in [-0.39, 0.29) is 18.1 Å². The van der Waals surface area contributed by atoms with Crippen molar-refractivity contribution >= 4 is 17.5 Å². The second-order valence-electron chi connectivity index (χ2n) is 6.24. The first kappa shape index (κ1) is 18.5. The number of aryl methyl sites for hydroxylation is 1. The van der Waals surface area contributed by atoms with E-state index in [1.54, 1.807) is 36.1 Å². The van der Waals surface area contributed by atoms with Crippen LogP contribution >= 0.6 is 11.6 Å². The van der Waals surface area contributed by atoms with Gasteiger partial charge in [-0.3, -0.25) is 9.59 Å². The fourth-order valence-corrected chi connectivity index (χ4v) is 3.16. The Labute approximate surface area is 156 Å². The molecule has 0 bridgehead atoms. The van der Waals surface area contributed by atoms with Crippen LogP contribution in [0.1, 0.15) is 29.4 Å². The molecular formula is C19H20ClNO5. The number of carbonyl (C=O) groups is 1. The maximum Gasteiger partial charge on any atom is 0.227 e. The molecule has 0 aliphatic carbocycles. The van der Waals surface area contributed by atoms with E-state index in [1.165, 1.54) is 6.07 Å². The highest BCUT2D eigenvalue weighted by atomic mass is 35.5. The molecule has 1 N–H and O–H groups in total. The van der Waals surface area contributed by atoms with Crippen LogP contribution in [-0.4, -0.2) is 42.2 Å². The van der Waals surface area contributed by atoms with E-state index in [9.17, 15) is 14.7 Å². The first-order valence-corrected chi connectivity index (χ1v) is 8.78. The van der Waals surface area contributed by atoms with Gasteiger partial charge in [-0.25, -0.2) is 0 Å². The molecule has 1 atom stereocenters. The molecule has 0 saturated carbocycles.